The predicted octanol–water partition coefficient (Wildman–Crippen LogP) is 5.78. The minimum atomic E-state index is -0.136. The number of carbonyl (C=O) groups is 2. The number of carbonyl (C=O) groups excluding carboxylic acids is 2. The number of amides is 2. The third kappa shape index (κ3) is 8.24. The van der Waals surface area contributed by atoms with Crippen LogP contribution in [-0.4, -0.2) is 52.9 Å². The molecule has 0 radical (unpaired) electrons. The summed E-state index contributed by atoms with van der Waals surface area (Å²) in [7, 11) is 1.60. The number of rotatable bonds is 13. The van der Waals surface area contributed by atoms with Crippen molar-refractivity contribution in [2.45, 2.75) is 53.6 Å². The van der Waals surface area contributed by atoms with Crippen LogP contribution in [0.1, 0.15) is 60.8 Å². The Morgan fingerprint density at radius 3 is 2.41 bits per heavy atom. The van der Waals surface area contributed by atoms with Crippen molar-refractivity contribution in [1.82, 2.24) is 14.4 Å². The van der Waals surface area contributed by atoms with Gasteiger partial charge in [0, 0.05) is 37.1 Å². The summed E-state index contributed by atoms with van der Waals surface area (Å²) in [6.07, 6.45) is 3.98. The van der Waals surface area contributed by atoms with Gasteiger partial charge in [-0.1, -0.05) is 57.0 Å². The van der Waals surface area contributed by atoms with Crippen LogP contribution in [0.25, 0.3) is 0 Å². The summed E-state index contributed by atoms with van der Waals surface area (Å²) in [5, 5.41) is 0. The van der Waals surface area contributed by atoms with Crippen LogP contribution in [-0.2, 0) is 17.9 Å². The molecular weight excluding hydrogens is 462 g/mol. The number of benzene rings is 2. The van der Waals surface area contributed by atoms with Gasteiger partial charge in [0.25, 0.3) is 5.91 Å². The smallest absolute Gasteiger partial charge is 0.254 e. The molecule has 0 saturated heterocycles. The summed E-state index contributed by atoms with van der Waals surface area (Å²) in [4.78, 5) is 30.6. The Bertz CT molecular complexity index is 1150. The van der Waals surface area contributed by atoms with Crippen LogP contribution in [0, 0.1) is 12.8 Å². The first-order chi connectivity index (χ1) is 17.8. The Hall–Kier alpha value is -3.54. The monoisotopic (exact) mass is 503 g/mol. The zero-order valence-electron chi connectivity index (χ0n) is 22.9. The lowest BCUT2D eigenvalue weighted by Gasteiger charge is -2.29. The fourth-order valence-corrected chi connectivity index (χ4v) is 4.43. The van der Waals surface area contributed by atoms with Gasteiger partial charge in [0.1, 0.15) is 12.3 Å². The normalized spacial score (nSPS) is 11.0. The molecule has 0 N–H and O–H groups in total. The minimum Gasteiger partial charge on any atom is -0.497 e. The van der Waals surface area contributed by atoms with Gasteiger partial charge in [-0.2, -0.15) is 0 Å². The molecule has 0 aliphatic rings. The maximum atomic E-state index is 13.6. The van der Waals surface area contributed by atoms with Gasteiger partial charge in [0.05, 0.1) is 13.7 Å². The molecular formula is C31H41N3O3. The number of hydrogen-bond donors (Lipinski definition) is 0. The van der Waals surface area contributed by atoms with E-state index in [0.717, 1.165) is 25.1 Å². The fraction of sp³-hybridized carbons (Fsp3) is 0.419. The molecule has 0 unspecified atom stereocenters. The zero-order chi connectivity index (χ0) is 26.8. The van der Waals surface area contributed by atoms with Crippen molar-refractivity contribution in [2.24, 2.45) is 5.92 Å². The molecule has 2 aromatic carbocycles. The Morgan fingerprint density at radius 2 is 1.76 bits per heavy atom. The van der Waals surface area contributed by atoms with Crippen molar-refractivity contribution < 1.29 is 14.3 Å². The van der Waals surface area contributed by atoms with Gasteiger partial charge in [0.2, 0.25) is 5.91 Å². The second-order valence-corrected chi connectivity index (χ2v) is 10.1. The van der Waals surface area contributed by atoms with Gasteiger partial charge in [-0.3, -0.25) is 9.59 Å². The molecule has 6 nitrogen and oxygen atoms in total. The lowest BCUT2D eigenvalue weighted by atomic mass is 10.1. The zero-order valence-corrected chi connectivity index (χ0v) is 22.9. The van der Waals surface area contributed by atoms with Crippen molar-refractivity contribution in [3.8, 4) is 5.75 Å². The van der Waals surface area contributed by atoms with Crippen LogP contribution in [0.15, 0.2) is 66.9 Å². The molecule has 37 heavy (non-hydrogen) atoms. The average molecular weight is 504 g/mol. The first-order valence-corrected chi connectivity index (χ1v) is 13.2. The number of aryl methyl sites for hydroxylation is 1. The second-order valence-electron chi connectivity index (χ2n) is 10.1. The number of nitrogens with zero attached hydrogens (tertiary/aromatic N) is 3. The Labute approximate surface area is 221 Å². The van der Waals surface area contributed by atoms with Crippen molar-refractivity contribution >= 4 is 11.8 Å². The van der Waals surface area contributed by atoms with Crippen LogP contribution in [0.4, 0.5) is 0 Å². The molecule has 198 valence electrons. The van der Waals surface area contributed by atoms with E-state index in [4.69, 9.17) is 4.74 Å². The molecule has 6 heteroatoms. The van der Waals surface area contributed by atoms with Crippen LogP contribution < -0.4 is 4.74 Å². The lowest BCUT2D eigenvalue weighted by molar-refractivity contribution is -0.132. The molecule has 0 spiro atoms. The maximum Gasteiger partial charge on any atom is 0.254 e. The van der Waals surface area contributed by atoms with E-state index in [1.165, 1.54) is 11.1 Å². The van der Waals surface area contributed by atoms with E-state index in [2.05, 4.69) is 68.8 Å². The van der Waals surface area contributed by atoms with Crippen molar-refractivity contribution in [2.75, 3.05) is 26.7 Å². The van der Waals surface area contributed by atoms with E-state index < -0.39 is 0 Å². The summed E-state index contributed by atoms with van der Waals surface area (Å²) >= 11 is 0. The first kappa shape index (κ1) is 28.0. The summed E-state index contributed by atoms with van der Waals surface area (Å²) in [6, 6.07) is 19.7. The van der Waals surface area contributed by atoms with Crippen LogP contribution in [0.2, 0.25) is 0 Å². The highest BCUT2D eigenvalue weighted by Gasteiger charge is 2.24. The van der Waals surface area contributed by atoms with E-state index in [9.17, 15) is 9.59 Å². The minimum absolute atomic E-state index is 0.0285. The molecule has 0 aliphatic carbocycles. The molecule has 0 atom stereocenters. The molecule has 1 heterocycles. The number of hydrogen-bond acceptors (Lipinski definition) is 3. The number of methoxy groups -OCH3 is 1. The highest BCUT2D eigenvalue weighted by atomic mass is 16.5. The van der Waals surface area contributed by atoms with Gasteiger partial charge in [-0.25, -0.2) is 0 Å². The molecule has 2 amide bonds. The fourth-order valence-electron chi connectivity index (χ4n) is 4.43. The summed E-state index contributed by atoms with van der Waals surface area (Å²) in [5.41, 5.74) is 4.11. The first-order valence-electron chi connectivity index (χ1n) is 13.2. The standard InChI is InChI=1S/C31H41N3O3/c1-6-7-17-33(22-28-12-9-18-32(28)21-26-11-8-10-25(4)19-26)30(35)23-34(20-24(2)3)31(36)27-13-15-29(37-5)16-14-27/h8-16,18-19,24H,6-7,17,20-23H2,1-5H3. The third-order valence-corrected chi connectivity index (χ3v) is 6.38. The Kier molecular flexibility index (Phi) is 10.4. The van der Waals surface area contributed by atoms with Crippen molar-refractivity contribution in [1.29, 1.82) is 0 Å². The Balaban J connectivity index is 1.77. The van der Waals surface area contributed by atoms with E-state index in [1.807, 2.05) is 11.0 Å². The third-order valence-electron chi connectivity index (χ3n) is 6.38. The largest absolute Gasteiger partial charge is 0.497 e. The van der Waals surface area contributed by atoms with Gasteiger partial charge in [-0.05, 0) is 61.2 Å². The number of aromatic nitrogens is 1. The Morgan fingerprint density at radius 1 is 1.00 bits per heavy atom. The topological polar surface area (TPSA) is 54.8 Å². The van der Waals surface area contributed by atoms with E-state index >= 15 is 0 Å². The SMILES string of the molecule is CCCCN(Cc1cccn1Cc1cccc(C)c1)C(=O)CN(CC(C)C)C(=O)c1ccc(OC)cc1. The highest BCUT2D eigenvalue weighted by molar-refractivity contribution is 5.96. The summed E-state index contributed by atoms with van der Waals surface area (Å²) in [5.74, 6) is 0.773. The van der Waals surface area contributed by atoms with Crippen molar-refractivity contribution in [3.63, 3.8) is 0 Å². The summed E-state index contributed by atoms with van der Waals surface area (Å²) in [6.45, 7) is 10.9. The lowest BCUT2D eigenvalue weighted by Crippen LogP contribution is -2.44. The molecule has 0 saturated carbocycles. The van der Waals surface area contributed by atoms with Gasteiger partial charge >= 0.3 is 0 Å². The van der Waals surface area contributed by atoms with Crippen LogP contribution in [0.5, 0.6) is 5.75 Å². The van der Waals surface area contributed by atoms with E-state index in [1.54, 1.807) is 36.3 Å². The molecule has 3 rings (SSSR count). The van der Waals surface area contributed by atoms with E-state index in [-0.39, 0.29) is 24.3 Å². The maximum absolute atomic E-state index is 13.6. The number of unbranched alkanes of at least 4 members (excludes halogenated alkanes) is 1. The second kappa shape index (κ2) is 13.7. The van der Waals surface area contributed by atoms with Crippen LogP contribution in [0.3, 0.4) is 0 Å². The molecule has 0 bridgehead atoms. The van der Waals surface area contributed by atoms with Gasteiger partial charge in [0.15, 0.2) is 0 Å². The van der Waals surface area contributed by atoms with E-state index in [0.29, 0.717) is 30.9 Å². The summed E-state index contributed by atoms with van der Waals surface area (Å²) < 4.78 is 7.43. The highest BCUT2D eigenvalue weighted by Crippen LogP contribution is 2.16. The quantitative estimate of drug-likeness (QED) is 0.297. The molecule has 3 aromatic rings. The van der Waals surface area contributed by atoms with Gasteiger partial charge in [-0.15, -0.1) is 0 Å². The number of ether oxygens (including phenoxy) is 1. The molecule has 1 aromatic heterocycles. The van der Waals surface area contributed by atoms with Crippen molar-refractivity contribution in [3.05, 3.63) is 89.2 Å². The van der Waals surface area contributed by atoms with Crippen LogP contribution >= 0.6 is 0 Å². The molecule has 0 aliphatic heterocycles. The van der Waals surface area contributed by atoms with Gasteiger partial charge < -0.3 is 19.1 Å². The average Bonchev–Trinajstić information content (AvgIpc) is 3.31. The molecule has 0 fully saturated rings. The predicted molar refractivity (Wildman–Crippen MR) is 149 cm³/mol.